The van der Waals surface area contributed by atoms with Crippen molar-refractivity contribution in [3.63, 3.8) is 0 Å². The van der Waals surface area contributed by atoms with Crippen molar-refractivity contribution in [2.45, 2.75) is 43.8 Å². The molecule has 2 bridgehead atoms. The molecular weight excluding hydrogens is 236 g/mol. The van der Waals surface area contributed by atoms with Gasteiger partial charge in [0, 0.05) is 18.1 Å². The summed E-state index contributed by atoms with van der Waals surface area (Å²) in [7, 11) is 3.99. The van der Waals surface area contributed by atoms with E-state index in [0.29, 0.717) is 18.0 Å². The average molecular weight is 260 g/mol. The minimum absolute atomic E-state index is 0.347. The lowest BCUT2D eigenvalue weighted by Gasteiger charge is -2.41. The third-order valence-corrected chi connectivity index (χ3v) is 5.09. The van der Waals surface area contributed by atoms with Crippen LogP contribution in [-0.4, -0.2) is 37.2 Å². The van der Waals surface area contributed by atoms with Gasteiger partial charge < -0.3 is 15.4 Å². The van der Waals surface area contributed by atoms with E-state index >= 15 is 0 Å². The first-order valence-corrected chi connectivity index (χ1v) is 7.29. The van der Waals surface area contributed by atoms with Gasteiger partial charge in [0.2, 0.25) is 0 Å². The summed E-state index contributed by atoms with van der Waals surface area (Å²) in [5.74, 6) is 1.52. The summed E-state index contributed by atoms with van der Waals surface area (Å²) >= 11 is 0. The van der Waals surface area contributed by atoms with Crippen molar-refractivity contribution in [3.8, 4) is 5.75 Å². The van der Waals surface area contributed by atoms with Crippen LogP contribution in [0, 0.1) is 5.92 Å². The number of rotatable bonds is 3. The van der Waals surface area contributed by atoms with Crippen molar-refractivity contribution >= 4 is 0 Å². The number of nitrogens with two attached hydrogens (primary N) is 1. The van der Waals surface area contributed by atoms with E-state index in [4.69, 9.17) is 10.5 Å². The number of ether oxygens (including phenoxy) is 1. The summed E-state index contributed by atoms with van der Waals surface area (Å²) in [6.45, 7) is 0. The molecule has 4 atom stereocenters. The van der Waals surface area contributed by atoms with E-state index in [1.54, 1.807) is 7.11 Å². The van der Waals surface area contributed by atoms with Crippen LogP contribution in [-0.2, 0) is 6.42 Å². The number of nitrogens with zero attached hydrogens (tertiary/aromatic N) is 1. The first-order chi connectivity index (χ1) is 9.19. The molecule has 2 saturated heterocycles. The lowest BCUT2D eigenvalue weighted by molar-refractivity contribution is 0.102. The zero-order valence-corrected chi connectivity index (χ0v) is 11.9. The standard InChI is InChI=1S/C16H24N2O/c1-18-12-6-7-16(18)14(15(17)10-12)9-11-4-3-5-13(8-11)19-2/h3-5,8,12,14-16H,6-7,9-10,17H2,1-2H3/t12-,14-,15-,16-/m1/s1. The Kier molecular flexibility index (Phi) is 3.50. The van der Waals surface area contributed by atoms with E-state index in [1.165, 1.54) is 18.4 Å². The average Bonchev–Trinajstić information content (AvgIpc) is 2.68. The quantitative estimate of drug-likeness (QED) is 0.904. The smallest absolute Gasteiger partial charge is 0.119 e. The summed E-state index contributed by atoms with van der Waals surface area (Å²) in [6, 6.07) is 10.1. The highest BCUT2D eigenvalue weighted by Gasteiger charge is 2.43. The highest BCUT2D eigenvalue weighted by Crippen LogP contribution is 2.39. The molecule has 104 valence electrons. The van der Waals surface area contributed by atoms with Crippen LogP contribution in [0.25, 0.3) is 0 Å². The van der Waals surface area contributed by atoms with Crippen molar-refractivity contribution < 1.29 is 4.74 Å². The van der Waals surface area contributed by atoms with Gasteiger partial charge in [-0.1, -0.05) is 12.1 Å². The fourth-order valence-electron chi connectivity index (χ4n) is 3.97. The summed E-state index contributed by atoms with van der Waals surface area (Å²) in [5.41, 5.74) is 7.77. The Bertz CT molecular complexity index is 448. The molecule has 2 aliphatic heterocycles. The minimum atomic E-state index is 0.347. The molecule has 0 amide bonds. The van der Waals surface area contributed by atoms with Gasteiger partial charge in [0.15, 0.2) is 0 Å². The molecule has 19 heavy (non-hydrogen) atoms. The van der Waals surface area contributed by atoms with Crippen molar-refractivity contribution in [2.75, 3.05) is 14.2 Å². The van der Waals surface area contributed by atoms with Crippen LogP contribution < -0.4 is 10.5 Å². The molecule has 3 heteroatoms. The fourth-order valence-corrected chi connectivity index (χ4v) is 3.97. The van der Waals surface area contributed by atoms with Crippen LogP contribution in [0.4, 0.5) is 0 Å². The second kappa shape index (κ2) is 5.14. The Morgan fingerprint density at radius 3 is 3.00 bits per heavy atom. The van der Waals surface area contributed by atoms with E-state index in [0.717, 1.165) is 24.6 Å². The van der Waals surface area contributed by atoms with Gasteiger partial charge in [0.25, 0.3) is 0 Å². The van der Waals surface area contributed by atoms with Crippen LogP contribution >= 0.6 is 0 Å². The lowest BCUT2D eigenvalue weighted by atomic mass is 9.82. The summed E-state index contributed by atoms with van der Waals surface area (Å²) in [6.07, 6.45) is 4.86. The number of hydrogen-bond acceptors (Lipinski definition) is 3. The molecule has 0 saturated carbocycles. The zero-order valence-electron chi connectivity index (χ0n) is 11.9. The molecule has 2 N–H and O–H groups in total. The van der Waals surface area contributed by atoms with Gasteiger partial charge in [-0.15, -0.1) is 0 Å². The number of benzene rings is 1. The van der Waals surface area contributed by atoms with Crippen molar-refractivity contribution in [2.24, 2.45) is 11.7 Å². The second-order valence-electron chi connectivity index (χ2n) is 6.08. The van der Waals surface area contributed by atoms with Crippen LogP contribution in [0.15, 0.2) is 24.3 Å². The predicted octanol–water partition coefficient (Wildman–Crippen LogP) is 2.05. The Morgan fingerprint density at radius 1 is 1.37 bits per heavy atom. The third-order valence-electron chi connectivity index (χ3n) is 5.09. The number of fused-ring (bicyclic) bond motifs is 2. The normalized spacial score (nSPS) is 34.5. The van der Waals surface area contributed by atoms with Crippen molar-refractivity contribution in [3.05, 3.63) is 29.8 Å². The summed E-state index contributed by atoms with van der Waals surface area (Å²) in [5, 5.41) is 0. The SMILES string of the molecule is COc1cccc(C[C@@H]2[C@H](N)C[C@H]3CC[C@H]2N3C)c1. The van der Waals surface area contributed by atoms with Gasteiger partial charge >= 0.3 is 0 Å². The molecule has 0 unspecified atom stereocenters. The molecule has 1 aromatic carbocycles. The molecule has 2 aliphatic rings. The molecule has 0 spiro atoms. The zero-order chi connectivity index (χ0) is 13.4. The van der Waals surface area contributed by atoms with E-state index in [-0.39, 0.29) is 0 Å². The largest absolute Gasteiger partial charge is 0.497 e. The van der Waals surface area contributed by atoms with E-state index in [2.05, 4.69) is 30.1 Å². The highest BCUT2D eigenvalue weighted by atomic mass is 16.5. The summed E-state index contributed by atoms with van der Waals surface area (Å²) in [4.78, 5) is 2.56. The number of methoxy groups -OCH3 is 1. The highest BCUT2D eigenvalue weighted by molar-refractivity contribution is 5.29. The Balaban J connectivity index is 1.77. The Hall–Kier alpha value is -1.06. The first-order valence-electron chi connectivity index (χ1n) is 7.29. The van der Waals surface area contributed by atoms with Gasteiger partial charge in [-0.2, -0.15) is 0 Å². The maximum Gasteiger partial charge on any atom is 0.119 e. The van der Waals surface area contributed by atoms with Crippen LogP contribution in [0.3, 0.4) is 0 Å². The minimum Gasteiger partial charge on any atom is -0.497 e. The molecule has 1 aromatic rings. The molecule has 0 aromatic heterocycles. The van der Waals surface area contributed by atoms with E-state index < -0.39 is 0 Å². The predicted molar refractivity (Wildman–Crippen MR) is 77.4 cm³/mol. The molecule has 2 heterocycles. The third kappa shape index (κ3) is 2.37. The molecule has 0 aliphatic carbocycles. The number of hydrogen-bond donors (Lipinski definition) is 1. The van der Waals surface area contributed by atoms with E-state index in [1.807, 2.05) is 6.07 Å². The molecular formula is C16H24N2O. The van der Waals surface area contributed by atoms with Gasteiger partial charge in [-0.25, -0.2) is 0 Å². The first kappa shape index (κ1) is 12.9. The van der Waals surface area contributed by atoms with Crippen molar-refractivity contribution in [1.29, 1.82) is 0 Å². The number of piperidine rings is 1. The second-order valence-corrected chi connectivity index (χ2v) is 6.08. The topological polar surface area (TPSA) is 38.5 Å². The maximum absolute atomic E-state index is 6.42. The summed E-state index contributed by atoms with van der Waals surface area (Å²) < 4.78 is 5.31. The fraction of sp³-hybridized carbons (Fsp3) is 0.625. The van der Waals surface area contributed by atoms with Gasteiger partial charge in [0.05, 0.1) is 7.11 Å². The van der Waals surface area contributed by atoms with Crippen LogP contribution in [0.5, 0.6) is 5.75 Å². The molecule has 3 nitrogen and oxygen atoms in total. The Labute approximate surface area is 115 Å². The Morgan fingerprint density at radius 2 is 2.21 bits per heavy atom. The lowest BCUT2D eigenvalue weighted by Crippen LogP contribution is -2.53. The van der Waals surface area contributed by atoms with Crippen LogP contribution in [0.1, 0.15) is 24.8 Å². The van der Waals surface area contributed by atoms with Gasteiger partial charge in [-0.05, 0) is 56.3 Å². The van der Waals surface area contributed by atoms with Gasteiger partial charge in [-0.3, -0.25) is 0 Å². The molecule has 0 radical (unpaired) electrons. The maximum atomic E-state index is 6.42. The molecule has 3 rings (SSSR count). The van der Waals surface area contributed by atoms with E-state index in [9.17, 15) is 0 Å². The van der Waals surface area contributed by atoms with Crippen molar-refractivity contribution in [1.82, 2.24) is 4.90 Å². The van der Waals surface area contributed by atoms with Gasteiger partial charge in [0.1, 0.15) is 5.75 Å². The van der Waals surface area contributed by atoms with Crippen LogP contribution in [0.2, 0.25) is 0 Å². The molecule has 2 fully saturated rings. The monoisotopic (exact) mass is 260 g/mol.